The molecule has 0 bridgehead atoms. The Labute approximate surface area is 110 Å². The molecule has 6 nitrogen and oxygen atoms in total. The molecule has 1 aromatic heterocycles. The molecule has 5 N–H and O–H groups in total. The number of nitrogens with zero attached hydrogens (tertiary/aromatic N) is 1. The number of hydrogen-bond donors (Lipinski definition) is 3. The van der Waals surface area contributed by atoms with Crippen LogP contribution in [0.3, 0.4) is 0 Å². The number of nitrogens with two attached hydrogens (primary N) is 2. The Morgan fingerprint density at radius 3 is 2.53 bits per heavy atom. The molecule has 100 valence electrons. The first-order chi connectivity index (χ1) is 9.02. The summed E-state index contributed by atoms with van der Waals surface area (Å²) in [6.45, 7) is 4.28. The van der Waals surface area contributed by atoms with Gasteiger partial charge in [-0.3, -0.25) is 4.79 Å². The molecule has 0 spiro atoms. The van der Waals surface area contributed by atoms with E-state index < -0.39 is 5.56 Å². The van der Waals surface area contributed by atoms with Gasteiger partial charge in [0.2, 0.25) is 5.88 Å². The van der Waals surface area contributed by atoms with Crippen LogP contribution in [0.2, 0.25) is 0 Å². The molecule has 0 radical (unpaired) electrons. The Bertz CT molecular complexity index is 641. The largest absolute Gasteiger partial charge is 0.436 e. The molecule has 0 unspecified atom stereocenters. The third kappa shape index (κ3) is 2.58. The van der Waals surface area contributed by atoms with E-state index in [-0.39, 0.29) is 11.6 Å². The van der Waals surface area contributed by atoms with E-state index in [2.05, 4.69) is 9.97 Å². The first-order valence-corrected chi connectivity index (χ1v) is 5.84. The van der Waals surface area contributed by atoms with E-state index in [1.54, 1.807) is 0 Å². The summed E-state index contributed by atoms with van der Waals surface area (Å²) in [5.74, 6) is 0.748. The molecule has 0 saturated carbocycles. The Morgan fingerprint density at radius 1 is 1.32 bits per heavy atom. The lowest BCUT2D eigenvalue weighted by Gasteiger charge is -2.13. The second-order valence-electron chi connectivity index (χ2n) is 4.32. The zero-order valence-electron chi connectivity index (χ0n) is 10.9. The summed E-state index contributed by atoms with van der Waals surface area (Å²) in [7, 11) is 0. The van der Waals surface area contributed by atoms with E-state index in [1.807, 2.05) is 26.0 Å². The van der Waals surface area contributed by atoms with E-state index in [1.165, 1.54) is 6.33 Å². The van der Waals surface area contributed by atoms with Crippen LogP contribution in [0.5, 0.6) is 11.6 Å². The van der Waals surface area contributed by atoms with Gasteiger partial charge in [-0.2, -0.15) is 0 Å². The zero-order chi connectivity index (χ0) is 14.0. The van der Waals surface area contributed by atoms with E-state index in [9.17, 15) is 4.79 Å². The molecule has 0 saturated heterocycles. The van der Waals surface area contributed by atoms with Crippen molar-refractivity contribution in [1.29, 1.82) is 0 Å². The number of hydrogen-bond acceptors (Lipinski definition) is 5. The van der Waals surface area contributed by atoms with Crippen LogP contribution >= 0.6 is 0 Å². The van der Waals surface area contributed by atoms with Crippen molar-refractivity contribution in [2.75, 3.05) is 5.73 Å². The number of aromatic amines is 1. The van der Waals surface area contributed by atoms with E-state index in [4.69, 9.17) is 16.2 Å². The fourth-order valence-corrected chi connectivity index (χ4v) is 1.89. The number of ether oxygens (including phenoxy) is 1. The summed E-state index contributed by atoms with van der Waals surface area (Å²) in [6, 6.07) is 3.87. The van der Waals surface area contributed by atoms with Gasteiger partial charge in [-0.15, -0.1) is 0 Å². The number of aromatic nitrogens is 2. The summed E-state index contributed by atoms with van der Waals surface area (Å²) in [5, 5.41) is 0. The summed E-state index contributed by atoms with van der Waals surface area (Å²) in [5.41, 5.74) is 13.7. The molecule has 1 heterocycles. The smallest absolute Gasteiger partial charge is 0.277 e. The topological polar surface area (TPSA) is 107 Å². The van der Waals surface area contributed by atoms with Crippen molar-refractivity contribution in [1.82, 2.24) is 9.97 Å². The van der Waals surface area contributed by atoms with Crippen LogP contribution in [0.15, 0.2) is 23.3 Å². The fourth-order valence-electron chi connectivity index (χ4n) is 1.89. The van der Waals surface area contributed by atoms with Crippen molar-refractivity contribution < 1.29 is 4.74 Å². The lowest BCUT2D eigenvalue weighted by molar-refractivity contribution is 0.456. The van der Waals surface area contributed by atoms with Gasteiger partial charge >= 0.3 is 0 Å². The van der Waals surface area contributed by atoms with Crippen molar-refractivity contribution >= 4 is 5.69 Å². The van der Waals surface area contributed by atoms with Crippen molar-refractivity contribution in [2.24, 2.45) is 5.73 Å². The molecule has 19 heavy (non-hydrogen) atoms. The van der Waals surface area contributed by atoms with E-state index >= 15 is 0 Å². The number of H-pyrrole nitrogens is 1. The summed E-state index contributed by atoms with van der Waals surface area (Å²) in [6.07, 6.45) is 1.26. The SMILES string of the molecule is Cc1cc(CN)cc(C)c1Oc1nc[nH]c(=O)c1N. The van der Waals surface area contributed by atoms with Gasteiger partial charge in [0, 0.05) is 6.54 Å². The third-order valence-corrected chi connectivity index (χ3v) is 2.81. The quantitative estimate of drug-likeness (QED) is 0.769. The molecule has 0 aliphatic heterocycles. The minimum Gasteiger partial charge on any atom is -0.436 e. The zero-order valence-corrected chi connectivity index (χ0v) is 10.9. The molecule has 2 aromatic rings. The number of aryl methyl sites for hydroxylation is 2. The average molecular weight is 260 g/mol. The summed E-state index contributed by atoms with van der Waals surface area (Å²) in [4.78, 5) is 17.7. The van der Waals surface area contributed by atoms with Crippen LogP contribution in [0.25, 0.3) is 0 Å². The number of anilines is 1. The van der Waals surface area contributed by atoms with Crippen molar-refractivity contribution in [3.8, 4) is 11.6 Å². The highest BCUT2D eigenvalue weighted by atomic mass is 16.5. The lowest BCUT2D eigenvalue weighted by Crippen LogP contribution is -2.13. The van der Waals surface area contributed by atoms with Crippen LogP contribution in [-0.4, -0.2) is 9.97 Å². The van der Waals surface area contributed by atoms with Gasteiger partial charge in [-0.05, 0) is 30.5 Å². The maximum absolute atomic E-state index is 11.4. The second-order valence-corrected chi connectivity index (χ2v) is 4.32. The molecule has 0 amide bonds. The normalized spacial score (nSPS) is 10.5. The summed E-state index contributed by atoms with van der Waals surface area (Å²) < 4.78 is 5.65. The minimum absolute atomic E-state index is 0.0378. The van der Waals surface area contributed by atoms with Crippen LogP contribution in [0, 0.1) is 13.8 Å². The molecule has 0 aliphatic carbocycles. The molecule has 0 aliphatic rings. The van der Waals surface area contributed by atoms with Crippen LogP contribution < -0.4 is 21.8 Å². The van der Waals surface area contributed by atoms with Gasteiger partial charge in [0.05, 0.1) is 6.33 Å². The van der Waals surface area contributed by atoms with Gasteiger partial charge in [0.1, 0.15) is 5.75 Å². The standard InChI is InChI=1S/C13H16N4O2/c1-7-3-9(5-14)4-8(2)11(7)19-13-10(15)12(18)16-6-17-13/h3-4,6H,5,14-15H2,1-2H3,(H,16,17,18). The fraction of sp³-hybridized carbons (Fsp3) is 0.231. The first kappa shape index (κ1) is 13.1. The maximum Gasteiger partial charge on any atom is 0.277 e. The number of rotatable bonds is 3. The molecule has 2 rings (SSSR count). The molecule has 6 heteroatoms. The third-order valence-electron chi connectivity index (χ3n) is 2.81. The maximum atomic E-state index is 11.4. The second kappa shape index (κ2) is 5.11. The van der Waals surface area contributed by atoms with Crippen LogP contribution in [-0.2, 0) is 6.54 Å². The minimum atomic E-state index is -0.418. The highest BCUT2D eigenvalue weighted by Crippen LogP contribution is 2.30. The molecular formula is C13H16N4O2. The van der Waals surface area contributed by atoms with E-state index in [0.29, 0.717) is 12.3 Å². The van der Waals surface area contributed by atoms with Gasteiger partial charge in [0.15, 0.2) is 5.69 Å². The van der Waals surface area contributed by atoms with Gasteiger partial charge in [-0.25, -0.2) is 4.98 Å². The monoisotopic (exact) mass is 260 g/mol. The molecule has 0 fully saturated rings. The Hall–Kier alpha value is -2.34. The molecular weight excluding hydrogens is 244 g/mol. The van der Waals surface area contributed by atoms with Gasteiger partial charge in [0.25, 0.3) is 5.56 Å². The summed E-state index contributed by atoms with van der Waals surface area (Å²) >= 11 is 0. The Kier molecular flexibility index (Phi) is 3.52. The Morgan fingerprint density at radius 2 is 1.95 bits per heavy atom. The predicted octanol–water partition coefficient (Wildman–Crippen LogP) is 1.22. The lowest BCUT2D eigenvalue weighted by atomic mass is 10.1. The van der Waals surface area contributed by atoms with Crippen molar-refractivity contribution in [2.45, 2.75) is 20.4 Å². The highest BCUT2D eigenvalue weighted by Gasteiger charge is 2.11. The average Bonchev–Trinajstić information content (AvgIpc) is 2.38. The number of nitrogens with one attached hydrogen (secondary N) is 1. The van der Waals surface area contributed by atoms with Gasteiger partial charge < -0.3 is 21.2 Å². The predicted molar refractivity (Wildman–Crippen MR) is 73.2 cm³/mol. The van der Waals surface area contributed by atoms with Crippen LogP contribution in [0.4, 0.5) is 5.69 Å². The van der Waals surface area contributed by atoms with Gasteiger partial charge in [-0.1, -0.05) is 12.1 Å². The van der Waals surface area contributed by atoms with Crippen molar-refractivity contribution in [3.63, 3.8) is 0 Å². The van der Waals surface area contributed by atoms with E-state index in [0.717, 1.165) is 16.7 Å². The van der Waals surface area contributed by atoms with Crippen molar-refractivity contribution in [3.05, 3.63) is 45.5 Å². The number of nitrogen functional groups attached to an aromatic ring is 1. The Balaban J connectivity index is 2.44. The number of benzene rings is 1. The van der Waals surface area contributed by atoms with Crippen LogP contribution in [0.1, 0.15) is 16.7 Å². The molecule has 1 aromatic carbocycles. The first-order valence-electron chi connectivity index (χ1n) is 5.84. The molecule has 0 atom stereocenters. The highest BCUT2D eigenvalue weighted by molar-refractivity contribution is 5.50.